The fourth-order valence-electron chi connectivity index (χ4n) is 1.29. The molecule has 0 aliphatic rings. The molecule has 7 nitrogen and oxygen atoms in total. The normalized spacial score (nSPS) is 10.2. The molecule has 8 heteroatoms. The quantitative estimate of drug-likeness (QED) is 0.843. The van der Waals surface area contributed by atoms with Gasteiger partial charge in [-0.3, -0.25) is 0 Å². The van der Waals surface area contributed by atoms with Crippen LogP contribution in [0, 0.1) is 6.92 Å². The highest BCUT2D eigenvalue weighted by Gasteiger charge is 2.06. The van der Waals surface area contributed by atoms with E-state index in [9.17, 15) is 0 Å². The van der Waals surface area contributed by atoms with Crippen molar-refractivity contribution in [3.63, 3.8) is 0 Å². The Morgan fingerprint density at radius 2 is 2.06 bits per heavy atom. The molecule has 2 N–H and O–H groups in total. The standard InChI is InChI=1S/C10H14N6OS/c1-6-12-4-7(18-6)5-13-9-14-8(11-2)15-10(16-9)17-3/h4H,5H2,1-3H3,(H2,11,13,14,15,16). The van der Waals surface area contributed by atoms with Crippen LogP contribution < -0.4 is 15.4 Å². The Balaban J connectivity index is 2.08. The van der Waals surface area contributed by atoms with Crippen LogP contribution in [0.5, 0.6) is 6.01 Å². The number of aromatic nitrogens is 4. The van der Waals surface area contributed by atoms with Gasteiger partial charge in [0.1, 0.15) is 0 Å². The zero-order valence-electron chi connectivity index (χ0n) is 10.4. The van der Waals surface area contributed by atoms with Crippen molar-refractivity contribution in [2.24, 2.45) is 0 Å². The molecule has 0 bridgehead atoms. The fraction of sp³-hybridized carbons (Fsp3) is 0.400. The minimum atomic E-state index is 0.275. The van der Waals surface area contributed by atoms with Crippen molar-refractivity contribution < 1.29 is 4.74 Å². The zero-order valence-corrected chi connectivity index (χ0v) is 11.2. The van der Waals surface area contributed by atoms with Crippen LogP contribution >= 0.6 is 11.3 Å². The molecule has 2 heterocycles. The van der Waals surface area contributed by atoms with Crippen molar-refractivity contribution in [2.75, 3.05) is 24.8 Å². The van der Waals surface area contributed by atoms with E-state index >= 15 is 0 Å². The molecule has 0 radical (unpaired) electrons. The van der Waals surface area contributed by atoms with Crippen molar-refractivity contribution in [1.29, 1.82) is 0 Å². The number of hydrogen-bond acceptors (Lipinski definition) is 8. The van der Waals surface area contributed by atoms with E-state index < -0.39 is 0 Å². The number of thiazole rings is 1. The Hall–Kier alpha value is -1.96. The molecule has 2 aromatic heterocycles. The molecule has 0 spiro atoms. The van der Waals surface area contributed by atoms with E-state index in [1.54, 1.807) is 18.4 Å². The van der Waals surface area contributed by atoms with E-state index in [0.29, 0.717) is 18.4 Å². The van der Waals surface area contributed by atoms with Gasteiger partial charge in [0, 0.05) is 18.1 Å². The lowest BCUT2D eigenvalue weighted by atomic mass is 10.5. The van der Waals surface area contributed by atoms with Crippen LogP contribution in [0.4, 0.5) is 11.9 Å². The molecule has 96 valence electrons. The Bertz CT molecular complexity index is 507. The fourth-order valence-corrected chi connectivity index (χ4v) is 2.03. The second-order valence-corrected chi connectivity index (χ2v) is 4.74. The first-order chi connectivity index (χ1) is 8.71. The van der Waals surface area contributed by atoms with Gasteiger partial charge in [0.05, 0.1) is 18.7 Å². The third kappa shape index (κ3) is 3.04. The van der Waals surface area contributed by atoms with E-state index in [1.807, 2.05) is 13.1 Å². The predicted molar refractivity (Wildman–Crippen MR) is 70.1 cm³/mol. The molecular weight excluding hydrogens is 252 g/mol. The summed E-state index contributed by atoms with van der Waals surface area (Å²) in [6.07, 6.45) is 1.84. The minimum Gasteiger partial charge on any atom is -0.467 e. The highest BCUT2D eigenvalue weighted by Crippen LogP contribution is 2.14. The van der Waals surface area contributed by atoms with Crippen molar-refractivity contribution in [3.8, 4) is 6.01 Å². The Labute approximate surface area is 109 Å². The van der Waals surface area contributed by atoms with Gasteiger partial charge >= 0.3 is 6.01 Å². The van der Waals surface area contributed by atoms with Gasteiger partial charge in [-0.2, -0.15) is 15.0 Å². The van der Waals surface area contributed by atoms with Crippen molar-refractivity contribution in [2.45, 2.75) is 13.5 Å². The van der Waals surface area contributed by atoms with Gasteiger partial charge in [0.25, 0.3) is 0 Å². The minimum absolute atomic E-state index is 0.275. The smallest absolute Gasteiger partial charge is 0.322 e. The average Bonchev–Trinajstić information content (AvgIpc) is 2.81. The first-order valence-corrected chi connectivity index (χ1v) is 6.16. The number of nitrogens with zero attached hydrogens (tertiary/aromatic N) is 4. The van der Waals surface area contributed by atoms with Crippen molar-refractivity contribution in [3.05, 3.63) is 16.1 Å². The van der Waals surface area contributed by atoms with Crippen LogP contribution in [0.15, 0.2) is 6.20 Å². The summed E-state index contributed by atoms with van der Waals surface area (Å²) < 4.78 is 5.00. The van der Waals surface area contributed by atoms with Crippen molar-refractivity contribution >= 4 is 23.2 Å². The van der Waals surface area contributed by atoms with Gasteiger partial charge in [-0.1, -0.05) is 0 Å². The average molecular weight is 266 g/mol. The summed E-state index contributed by atoms with van der Waals surface area (Å²) in [6, 6.07) is 0.275. The summed E-state index contributed by atoms with van der Waals surface area (Å²) in [4.78, 5) is 17.6. The maximum Gasteiger partial charge on any atom is 0.322 e. The Morgan fingerprint density at radius 1 is 1.28 bits per heavy atom. The molecule has 0 aliphatic heterocycles. The summed E-state index contributed by atoms with van der Waals surface area (Å²) in [5.41, 5.74) is 0. The lowest BCUT2D eigenvalue weighted by molar-refractivity contribution is 0.379. The lowest BCUT2D eigenvalue weighted by Gasteiger charge is -2.06. The van der Waals surface area contributed by atoms with Crippen molar-refractivity contribution in [1.82, 2.24) is 19.9 Å². The summed E-state index contributed by atoms with van der Waals surface area (Å²) in [5.74, 6) is 0.932. The molecule has 0 fully saturated rings. The molecule has 2 aromatic rings. The number of nitrogens with one attached hydrogen (secondary N) is 2. The van der Waals surface area contributed by atoms with Crippen LogP contribution in [0.2, 0.25) is 0 Å². The molecule has 0 saturated heterocycles. The molecule has 0 saturated carbocycles. The van der Waals surface area contributed by atoms with Crippen LogP contribution in [0.25, 0.3) is 0 Å². The van der Waals surface area contributed by atoms with Crippen LogP contribution in [-0.4, -0.2) is 34.1 Å². The van der Waals surface area contributed by atoms with Crippen LogP contribution in [-0.2, 0) is 6.54 Å². The topological polar surface area (TPSA) is 84.9 Å². The third-order valence-electron chi connectivity index (χ3n) is 2.11. The van der Waals surface area contributed by atoms with Gasteiger partial charge < -0.3 is 15.4 Å². The Kier molecular flexibility index (Phi) is 3.88. The molecule has 2 rings (SSSR count). The van der Waals surface area contributed by atoms with E-state index in [-0.39, 0.29) is 6.01 Å². The van der Waals surface area contributed by atoms with Gasteiger partial charge in [-0.25, -0.2) is 4.98 Å². The molecule has 0 unspecified atom stereocenters. The molecule has 0 aromatic carbocycles. The number of methoxy groups -OCH3 is 1. The zero-order chi connectivity index (χ0) is 13.0. The number of ether oxygens (including phenoxy) is 1. The SMILES string of the molecule is CNc1nc(NCc2cnc(C)s2)nc(OC)n1. The van der Waals surface area contributed by atoms with Gasteiger partial charge in [-0.05, 0) is 6.92 Å². The van der Waals surface area contributed by atoms with E-state index in [0.717, 1.165) is 9.88 Å². The number of rotatable bonds is 5. The molecule has 0 aliphatic carbocycles. The molecular formula is C10H14N6OS. The lowest BCUT2D eigenvalue weighted by Crippen LogP contribution is -2.07. The summed E-state index contributed by atoms with van der Waals surface area (Å²) in [5, 5.41) is 7.00. The number of aryl methyl sites for hydroxylation is 1. The summed E-state index contributed by atoms with van der Waals surface area (Å²) in [6.45, 7) is 2.60. The van der Waals surface area contributed by atoms with E-state index in [1.165, 1.54) is 7.11 Å². The predicted octanol–water partition coefficient (Wildman–Crippen LogP) is 1.30. The van der Waals surface area contributed by atoms with E-state index in [2.05, 4.69) is 30.6 Å². The highest BCUT2D eigenvalue weighted by atomic mass is 32.1. The first kappa shape index (κ1) is 12.5. The maximum absolute atomic E-state index is 5.00. The first-order valence-electron chi connectivity index (χ1n) is 5.34. The van der Waals surface area contributed by atoms with Crippen LogP contribution in [0.1, 0.15) is 9.88 Å². The van der Waals surface area contributed by atoms with Gasteiger partial charge in [0.15, 0.2) is 0 Å². The van der Waals surface area contributed by atoms with E-state index in [4.69, 9.17) is 4.74 Å². The monoisotopic (exact) mass is 266 g/mol. The van der Waals surface area contributed by atoms with Gasteiger partial charge in [-0.15, -0.1) is 11.3 Å². The summed E-state index contributed by atoms with van der Waals surface area (Å²) in [7, 11) is 3.26. The second kappa shape index (κ2) is 5.58. The summed E-state index contributed by atoms with van der Waals surface area (Å²) >= 11 is 1.64. The highest BCUT2D eigenvalue weighted by molar-refractivity contribution is 7.11. The number of hydrogen-bond donors (Lipinski definition) is 2. The second-order valence-electron chi connectivity index (χ2n) is 3.42. The maximum atomic E-state index is 5.00. The largest absolute Gasteiger partial charge is 0.467 e. The third-order valence-corrected chi connectivity index (χ3v) is 3.02. The molecule has 0 atom stereocenters. The van der Waals surface area contributed by atoms with Gasteiger partial charge in [0.2, 0.25) is 11.9 Å². The number of anilines is 2. The Morgan fingerprint density at radius 3 is 2.67 bits per heavy atom. The van der Waals surface area contributed by atoms with Crippen LogP contribution in [0.3, 0.4) is 0 Å². The molecule has 0 amide bonds. The molecule has 18 heavy (non-hydrogen) atoms.